The quantitative estimate of drug-likeness (QED) is 0.152. The number of aryl methyl sites for hydroxylation is 1. The van der Waals surface area contributed by atoms with Crippen LogP contribution >= 0.6 is 0 Å². The van der Waals surface area contributed by atoms with Gasteiger partial charge in [0.15, 0.2) is 0 Å². The first-order chi connectivity index (χ1) is 25.5. The van der Waals surface area contributed by atoms with E-state index >= 15 is 0 Å². The molecule has 0 unspecified atom stereocenters. The van der Waals surface area contributed by atoms with E-state index in [1.807, 2.05) is 42.5 Å². The molecule has 2 aliphatic rings. The molecule has 11 nitrogen and oxygen atoms in total. The predicted molar refractivity (Wildman–Crippen MR) is 202 cm³/mol. The van der Waals surface area contributed by atoms with E-state index < -0.39 is 44.3 Å². The van der Waals surface area contributed by atoms with Gasteiger partial charge in [0.25, 0.3) is 26.0 Å². The van der Waals surface area contributed by atoms with Gasteiger partial charge in [-0.05, 0) is 46.6 Å². The summed E-state index contributed by atoms with van der Waals surface area (Å²) >= 11 is 0. The average Bonchev–Trinajstić information content (AvgIpc) is 3.67. The molecule has 3 atom stereocenters. The molecule has 4 aromatic carbocycles. The molecule has 0 radical (unpaired) electrons. The van der Waals surface area contributed by atoms with Crippen LogP contribution in [-0.2, 0) is 14.0 Å². The van der Waals surface area contributed by atoms with Crippen molar-refractivity contribution in [1.29, 1.82) is 0 Å². The molecule has 1 saturated heterocycles. The third kappa shape index (κ3) is 6.77. The van der Waals surface area contributed by atoms with Crippen LogP contribution in [0.1, 0.15) is 70.1 Å². The summed E-state index contributed by atoms with van der Waals surface area (Å²) in [5.74, 6) is -1.37. The summed E-state index contributed by atoms with van der Waals surface area (Å²) in [4.78, 5) is 63.2. The summed E-state index contributed by atoms with van der Waals surface area (Å²) in [5.41, 5.74) is 0.870. The molecular weight excluding hydrogens is 689 g/mol. The number of hydroxylamine groups is 2. The fraction of sp³-hybridized carbons (Fsp3) is 0.244. The molecule has 0 saturated carbocycles. The van der Waals surface area contributed by atoms with Gasteiger partial charge in [-0.3, -0.25) is 23.8 Å². The zero-order valence-corrected chi connectivity index (χ0v) is 30.9. The van der Waals surface area contributed by atoms with Crippen molar-refractivity contribution in [3.05, 3.63) is 154 Å². The van der Waals surface area contributed by atoms with Crippen LogP contribution in [0.25, 0.3) is 0 Å². The summed E-state index contributed by atoms with van der Waals surface area (Å²) in [6.07, 6.45) is -0.459. The van der Waals surface area contributed by atoms with Crippen molar-refractivity contribution >= 4 is 42.2 Å². The molecule has 1 N–H and O–H groups in total. The number of carbonyl (C=O) groups is 3. The van der Waals surface area contributed by atoms with Crippen LogP contribution in [0.15, 0.2) is 126 Å². The molecule has 7 rings (SSSR count). The number of rotatable bonds is 10. The Hall–Kier alpha value is -5.53. The molecule has 0 spiro atoms. The van der Waals surface area contributed by atoms with E-state index in [0.29, 0.717) is 11.1 Å². The second-order valence-electron chi connectivity index (χ2n) is 14.2. The van der Waals surface area contributed by atoms with Crippen molar-refractivity contribution in [2.75, 3.05) is 11.9 Å². The number of nitrogens with one attached hydrogen (secondary N) is 1. The Bertz CT molecular complexity index is 2130. The van der Waals surface area contributed by atoms with Gasteiger partial charge in [0.05, 0.1) is 17.2 Å². The zero-order chi connectivity index (χ0) is 37.3. The third-order valence-corrected chi connectivity index (χ3v) is 14.8. The molecular formula is C41H40N4O7Si. The van der Waals surface area contributed by atoms with Gasteiger partial charge in [-0.2, -0.15) is 4.98 Å². The Morgan fingerprint density at radius 2 is 1.36 bits per heavy atom. The highest BCUT2D eigenvalue weighted by atomic mass is 28.4. The van der Waals surface area contributed by atoms with Crippen molar-refractivity contribution in [3.8, 4) is 0 Å². The number of fused-ring (bicyclic) bond motifs is 1. The largest absolute Gasteiger partial charge is 0.402 e. The van der Waals surface area contributed by atoms with Gasteiger partial charge in [-0.25, -0.2) is 4.79 Å². The Balaban J connectivity index is 1.24. The SMILES string of the molecule is Cc1cn([C@H]2C[C@H](O[Si](c3ccccc3)(c3ccccc3)C(C)(C)C)[C@@H](CON3C(=O)c4ccccc4C3=O)O2)c(=O)nc1NC(=O)c1ccccc1. The van der Waals surface area contributed by atoms with Crippen molar-refractivity contribution in [2.24, 2.45) is 0 Å². The van der Waals surface area contributed by atoms with Crippen LogP contribution in [0.2, 0.25) is 5.04 Å². The first-order valence-electron chi connectivity index (χ1n) is 17.5. The zero-order valence-electron chi connectivity index (χ0n) is 29.9. The minimum atomic E-state index is -3.14. The number of carbonyl (C=O) groups excluding carboxylic acids is 3. The summed E-state index contributed by atoms with van der Waals surface area (Å²) in [7, 11) is -3.14. The summed E-state index contributed by atoms with van der Waals surface area (Å²) in [5, 5.41) is 5.23. The van der Waals surface area contributed by atoms with E-state index in [0.717, 1.165) is 15.4 Å². The van der Waals surface area contributed by atoms with Gasteiger partial charge >= 0.3 is 5.69 Å². The molecule has 1 aromatic heterocycles. The molecule has 3 heterocycles. The molecule has 53 heavy (non-hydrogen) atoms. The molecule has 0 aliphatic carbocycles. The van der Waals surface area contributed by atoms with E-state index in [-0.39, 0.29) is 40.9 Å². The molecule has 3 amide bonds. The van der Waals surface area contributed by atoms with Gasteiger partial charge in [-0.15, -0.1) is 5.06 Å². The van der Waals surface area contributed by atoms with Gasteiger partial charge in [0.2, 0.25) is 0 Å². The number of hydrogen-bond donors (Lipinski definition) is 1. The summed E-state index contributed by atoms with van der Waals surface area (Å²) in [6.45, 7) is 8.03. The summed E-state index contributed by atoms with van der Waals surface area (Å²) < 4.78 is 15.4. The Kier molecular flexibility index (Phi) is 9.79. The van der Waals surface area contributed by atoms with Gasteiger partial charge in [0, 0.05) is 23.7 Å². The van der Waals surface area contributed by atoms with Crippen LogP contribution in [0, 0.1) is 6.92 Å². The van der Waals surface area contributed by atoms with Crippen LogP contribution in [0.3, 0.4) is 0 Å². The van der Waals surface area contributed by atoms with Gasteiger partial charge in [0.1, 0.15) is 24.8 Å². The number of amides is 3. The Labute approximate surface area is 308 Å². The van der Waals surface area contributed by atoms with E-state index in [9.17, 15) is 19.2 Å². The van der Waals surface area contributed by atoms with Gasteiger partial charge in [-0.1, -0.05) is 112 Å². The minimum Gasteiger partial charge on any atom is -0.402 e. The van der Waals surface area contributed by atoms with Crippen LogP contribution in [0.4, 0.5) is 5.82 Å². The summed E-state index contributed by atoms with van der Waals surface area (Å²) in [6, 6.07) is 35.5. The second kappa shape index (κ2) is 14.5. The highest BCUT2D eigenvalue weighted by Crippen LogP contribution is 2.41. The van der Waals surface area contributed by atoms with Gasteiger partial charge < -0.3 is 14.5 Å². The molecule has 2 aliphatic heterocycles. The molecule has 0 bridgehead atoms. The molecule has 12 heteroatoms. The fourth-order valence-electron chi connectivity index (χ4n) is 7.16. The van der Waals surface area contributed by atoms with E-state index in [1.54, 1.807) is 61.7 Å². The molecule has 1 fully saturated rings. The van der Waals surface area contributed by atoms with Crippen molar-refractivity contribution in [2.45, 2.75) is 57.6 Å². The average molecular weight is 729 g/mol. The number of nitrogens with zero attached hydrogens (tertiary/aromatic N) is 3. The van der Waals surface area contributed by atoms with Crippen LogP contribution < -0.4 is 21.4 Å². The van der Waals surface area contributed by atoms with Crippen LogP contribution in [0.5, 0.6) is 0 Å². The topological polar surface area (TPSA) is 129 Å². The lowest BCUT2D eigenvalue weighted by molar-refractivity contribution is -0.139. The minimum absolute atomic E-state index is 0.142. The predicted octanol–water partition coefficient (Wildman–Crippen LogP) is 5.26. The normalized spacial score (nSPS) is 18.6. The monoisotopic (exact) mass is 728 g/mol. The highest BCUT2D eigenvalue weighted by molar-refractivity contribution is 6.99. The van der Waals surface area contributed by atoms with E-state index in [4.69, 9.17) is 14.0 Å². The smallest absolute Gasteiger partial charge is 0.351 e. The molecule has 5 aromatic rings. The number of aromatic nitrogens is 2. The van der Waals surface area contributed by atoms with E-state index in [1.165, 1.54) is 4.57 Å². The maximum absolute atomic E-state index is 13.6. The number of benzene rings is 4. The van der Waals surface area contributed by atoms with Crippen LogP contribution in [-0.4, -0.2) is 59.5 Å². The Morgan fingerprint density at radius 3 is 1.91 bits per heavy atom. The lowest BCUT2D eigenvalue weighted by atomic mass is 10.1. The maximum Gasteiger partial charge on any atom is 0.351 e. The standard InChI is InChI=1S/C41H40N4O7Si/c1-27-25-44(40(49)43-36(27)42-37(46)28-16-8-5-9-17-28)35-24-33(34(51-35)26-50-45-38(47)31-22-14-15-23-32(31)39(45)48)52-53(41(2,3)4,29-18-10-6-11-19-29)30-20-12-7-13-21-30/h5-23,25,33-35H,24,26H2,1-4H3,(H,42,43,46,49)/t33-,34+,35+/m0/s1. The number of imide groups is 1. The first-order valence-corrected chi connectivity index (χ1v) is 19.4. The Morgan fingerprint density at radius 1 is 0.830 bits per heavy atom. The molecule has 270 valence electrons. The maximum atomic E-state index is 13.6. The lowest BCUT2D eigenvalue weighted by Gasteiger charge is -2.45. The van der Waals surface area contributed by atoms with Crippen molar-refractivity contribution in [3.63, 3.8) is 0 Å². The third-order valence-electron chi connectivity index (χ3n) is 9.76. The number of hydrogen-bond acceptors (Lipinski definition) is 8. The van der Waals surface area contributed by atoms with E-state index in [2.05, 4.69) is 55.3 Å². The fourth-order valence-corrected chi connectivity index (χ4v) is 11.9. The first kappa shape index (κ1) is 35.9. The number of ether oxygens (including phenoxy) is 1. The highest BCUT2D eigenvalue weighted by Gasteiger charge is 2.54. The van der Waals surface area contributed by atoms with Crippen molar-refractivity contribution < 1.29 is 28.4 Å². The number of anilines is 1. The van der Waals surface area contributed by atoms with Crippen molar-refractivity contribution in [1.82, 2.24) is 14.6 Å². The lowest BCUT2D eigenvalue weighted by Crippen LogP contribution is -2.68. The second-order valence-corrected chi connectivity index (χ2v) is 18.5.